The van der Waals surface area contributed by atoms with Gasteiger partial charge in [-0.25, -0.2) is 0 Å². The summed E-state index contributed by atoms with van der Waals surface area (Å²) in [6, 6.07) is 3.72. The monoisotopic (exact) mass is 298 g/mol. The number of hydrogen-bond acceptors (Lipinski definition) is 3. The van der Waals surface area contributed by atoms with E-state index in [0.717, 1.165) is 16.7 Å². The second-order valence-electron chi connectivity index (χ2n) is 6.55. The van der Waals surface area contributed by atoms with E-state index in [1.807, 2.05) is 6.92 Å². The van der Waals surface area contributed by atoms with E-state index in [1.54, 1.807) is 4.90 Å². The Morgan fingerprint density at radius 2 is 1.91 bits per heavy atom. The molecule has 5 nitrogen and oxygen atoms in total. The first-order valence-electron chi connectivity index (χ1n) is 7.82. The number of benzene rings is 1. The lowest BCUT2D eigenvalue weighted by Crippen LogP contribution is -2.52. The van der Waals surface area contributed by atoms with Crippen LogP contribution in [0.5, 0.6) is 0 Å². The van der Waals surface area contributed by atoms with Gasteiger partial charge in [0, 0.05) is 18.5 Å². The number of fused-ring (bicyclic) bond motifs is 1. The van der Waals surface area contributed by atoms with Gasteiger partial charge in [0.15, 0.2) is 0 Å². The van der Waals surface area contributed by atoms with Crippen molar-refractivity contribution in [3.8, 4) is 0 Å². The predicted octanol–water partition coefficient (Wildman–Crippen LogP) is 1.63. The summed E-state index contributed by atoms with van der Waals surface area (Å²) in [5.41, 5.74) is 4.08. The Hall–Kier alpha value is -2.17. The Bertz CT molecular complexity index is 706. The van der Waals surface area contributed by atoms with Crippen molar-refractivity contribution >= 4 is 17.7 Å². The number of imide groups is 1. The molecule has 2 fully saturated rings. The third kappa shape index (κ3) is 2.03. The molecule has 1 aromatic rings. The number of piperidine rings is 1. The fourth-order valence-corrected chi connectivity index (χ4v) is 3.60. The van der Waals surface area contributed by atoms with Crippen molar-refractivity contribution in [1.29, 1.82) is 0 Å². The Morgan fingerprint density at radius 1 is 1.14 bits per heavy atom. The highest BCUT2D eigenvalue weighted by Crippen LogP contribution is 2.42. The lowest BCUT2D eigenvalue weighted by Gasteiger charge is -2.29. The molecule has 1 saturated heterocycles. The fourth-order valence-electron chi connectivity index (χ4n) is 3.60. The number of carbonyl (C=O) groups excluding carboxylic acids is 3. The molecule has 0 bridgehead atoms. The van der Waals surface area contributed by atoms with Crippen LogP contribution in [0, 0.1) is 6.92 Å². The Labute approximate surface area is 128 Å². The molecule has 114 valence electrons. The van der Waals surface area contributed by atoms with Gasteiger partial charge >= 0.3 is 0 Å². The van der Waals surface area contributed by atoms with E-state index >= 15 is 0 Å². The SMILES string of the molecule is Cc1cc(C2CC2)cc2c1C(=O)N(C1CCC(=O)NC1=O)C2. The molecule has 0 spiro atoms. The first-order chi connectivity index (χ1) is 10.5. The number of carbonyl (C=O) groups is 3. The van der Waals surface area contributed by atoms with Crippen LogP contribution in [0.2, 0.25) is 0 Å². The molecule has 1 aliphatic carbocycles. The summed E-state index contributed by atoms with van der Waals surface area (Å²) in [7, 11) is 0. The molecule has 22 heavy (non-hydrogen) atoms. The molecule has 1 N–H and O–H groups in total. The first kappa shape index (κ1) is 13.5. The first-order valence-corrected chi connectivity index (χ1v) is 7.82. The summed E-state index contributed by atoms with van der Waals surface area (Å²) in [5, 5.41) is 2.34. The predicted molar refractivity (Wildman–Crippen MR) is 79.2 cm³/mol. The van der Waals surface area contributed by atoms with Crippen molar-refractivity contribution in [2.24, 2.45) is 0 Å². The Morgan fingerprint density at radius 3 is 2.59 bits per heavy atom. The van der Waals surface area contributed by atoms with Gasteiger partial charge in [0.2, 0.25) is 11.8 Å². The minimum Gasteiger partial charge on any atom is -0.322 e. The van der Waals surface area contributed by atoms with E-state index in [4.69, 9.17) is 0 Å². The zero-order chi connectivity index (χ0) is 15.4. The van der Waals surface area contributed by atoms with Crippen LogP contribution < -0.4 is 5.32 Å². The summed E-state index contributed by atoms with van der Waals surface area (Å²) in [5.74, 6) is -0.0387. The van der Waals surface area contributed by atoms with E-state index in [2.05, 4.69) is 17.4 Å². The van der Waals surface area contributed by atoms with Gasteiger partial charge < -0.3 is 4.90 Å². The van der Waals surface area contributed by atoms with Crippen molar-refractivity contribution in [2.75, 3.05) is 0 Å². The van der Waals surface area contributed by atoms with Gasteiger partial charge in [-0.2, -0.15) is 0 Å². The second kappa shape index (κ2) is 4.66. The van der Waals surface area contributed by atoms with Crippen molar-refractivity contribution in [2.45, 2.75) is 51.1 Å². The van der Waals surface area contributed by atoms with Gasteiger partial charge in [-0.1, -0.05) is 12.1 Å². The summed E-state index contributed by atoms with van der Waals surface area (Å²) in [6.07, 6.45) is 3.16. The maximum atomic E-state index is 12.7. The lowest BCUT2D eigenvalue weighted by atomic mass is 9.98. The number of nitrogens with one attached hydrogen (secondary N) is 1. The van der Waals surface area contributed by atoms with E-state index in [-0.39, 0.29) is 17.7 Å². The Balaban J connectivity index is 1.65. The third-order valence-corrected chi connectivity index (χ3v) is 4.89. The van der Waals surface area contributed by atoms with Crippen LogP contribution in [0.25, 0.3) is 0 Å². The number of amides is 3. The topological polar surface area (TPSA) is 66.5 Å². The van der Waals surface area contributed by atoms with Crippen LogP contribution in [0.1, 0.15) is 58.6 Å². The number of aryl methyl sites for hydroxylation is 1. The molecule has 4 rings (SSSR count). The van der Waals surface area contributed by atoms with Gasteiger partial charge in [0.05, 0.1) is 0 Å². The minimum atomic E-state index is -0.527. The Kier molecular flexibility index (Phi) is 2.86. The van der Waals surface area contributed by atoms with E-state index in [0.29, 0.717) is 25.3 Å². The highest BCUT2D eigenvalue weighted by atomic mass is 16.2. The van der Waals surface area contributed by atoms with Crippen LogP contribution >= 0.6 is 0 Å². The molecule has 3 aliphatic rings. The normalized spacial score (nSPS) is 24.5. The molecule has 2 heterocycles. The van der Waals surface area contributed by atoms with E-state index < -0.39 is 6.04 Å². The summed E-state index contributed by atoms with van der Waals surface area (Å²) in [6.45, 7) is 2.44. The smallest absolute Gasteiger partial charge is 0.255 e. The largest absolute Gasteiger partial charge is 0.322 e. The van der Waals surface area contributed by atoms with Gasteiger partial charge in [-0.15, -0.1) is 0 Å². The molecule has 0 radical (unpaired) electrons. The molecule has 2 aliphatic heterocycles. The van der Waals surface area contributed by atoms with Crippen LogP contribution in [-0.2, 0) is 16.1 Å². The average Bonchev–Trinajstić information content (AvgIpc) is 3.24. The number of nitrogens with zero attached hydrogens (tertiary/aromatic N) is 1. The number of rotatable bonds is 2. The molecule has 3 amide bonds. The van der Waals surface area contributed by atoms with Crippen LogP contribution in [-0.4, -0.2) is 28.7 Å². The highest BCUT2D eigenvalue weighted by Gasteiger charge is 2.40. The molecule has 0 aromatic heterocycles. The molecule has 1 atom stereocenters. The molecule has 1 saturated carbocycles. The maximum Gasteiger partial charge on any atom is 0.255 e. The lowest BCUT2D eigenvalue weighted by molar-refractivity contribution is -0.136. The van der Waals surface area contributed by atoms with Crippen molar-refractivity contribution < 1.29 is 14.4 Å². The van der Waals surface area contributed by atoms with Crippen LogP contribution in [0.4, 0.5) is 0 Å². The van der Waals surface area contributed by atoms with Crippen molar-refractivity contribution in [3.05, 3.63) is 34.4 Å². The molecular formula is C17H18N2O3. The second-order valence-corrected chi connectivity index (χ2v) is 6.55. The third-order valence-electron chi connectivity index (χ3n) is 4.89. The van der Waals surface area contributed by atoms with Gasteiger partial charge in [0.25, 0.3) is 5.91 Å². The van der Waals surface area contributed by atoms with Gasteiger partial charge in [0.1, 0.15) is 6.04 Å². The fraction of sp³-hybridized carbons (Fsp3) is 0.471. The van der Waals surface area contributed by atoms with E-state index in [9.17, 15) is 14.4 Å². The minimum absolute atomic E-state index is 0.0793. The van der Waals surface area contributed by atoms with Crippen molar-refractivity contribution in [3.63, 3.8) is 0 Å². The van der Waals surface area contributed by atoms with Gasteiger partial charge in [-0.05, 0) is 48.8 Å². The molecule has 1 aromatic carbocycles. The maximum absolute atomic E-state index is 12.7. The van der Waals surface area contributed by atoms with Crippen LogP contribution in [0.3, 0.4) is 0 Å². The van der Waals surface area contributed by atoms with E-state index in [1.165, 1.54) is 18.4 Å². The standard InChI is InChI=1S/C17H18N2O3/c1-9-6-11(10-2-3-10)7-12-8-19(17(22)15(9)12)13-4-5-14(20)18-16(13)21/h6-7,10,13H,2-5,8H2,1H3,(H,18,20,21). The zero-order valence-electron chi connectivity index (χ0n) is 12.5. The average molecular weight is 298 g/mol. The van der Waals surface area contributed by atoms with Crippen LogP contribution in [0.15, 0.2) is 12.1 Å². The summed E-state index contributed by atoms with van der Waals surface area (Å²) < 4.78 is 0. The molecular weight excluding hydrogens is 280 g/mol. The van der Waals surface area contributed by atoms with Crippen molar-refractivity contribution in [1.82, 2.24) is 10.2 Å². The summed E-state index contributed by atoms with van der Waals surface area (Å²) in [4.78, 5) is 37.6. The summed E-state index contributed by atoms with van der Waals surface area (Å²) >= 11 is 0. The highest BCUT2D eigenvalue weighted by molar-refractivity contribution is 6.06. The van der Waals surface area contributed by atoms with Gasteiger partial charge in [-0.3, -0.25) is 19.7 Å². The number of hydrogen-bond donors (Lipinski definition) is 1. The molecule has 5 heteroatoms. The quantitative estimate of drug-likeness (QED) is 0.844. The molecule has 1 unspecified atom stereocenters. The zero-order valence-corrected chi connectivity index (χ0v) is 12.5.